The molecular formula is C14H17N5O2S. The lowest BCUT2D eigenvalue weighted by Gasteiger charge is -2.14. The van der Waals surface area contributed by atoms with Gasteiger partial charge in [0, 0.05) is 6.54 Å². The summed E-state index contributed by atoms with van der Waals surface area (Å²) < 4.78 is 29.0. The Morgan fingerprint density at radius 2 is 2.05 bits per heavy atom. The molecule has 7 nitrogen and oxygen atoms in total. The molecule has 0 fully saturated rings. The van der Waals surface area contributed by atoms with E-state index in [9.17, 15) is 8.42 Å². The van der Waals surface area contributed by atoms with Crippen LogP contribution in [0.2, 0.25) is 0 Å². The van der Waals surface area contributed by atoms with E-state index in [1.165, 1.54) is 30.6 Å². The maximum Gasteiger partial charge on any atom is 0.241 e. The van der Waals surface area contributed by atoms with Gasteiger partial charge in [0.15, 0.2) is 0 Å². The van der Waals surface area contributed by atoms with Crippen molar-refractivity contribution in [2.75, 3.05) is 0 Å². The van der Waals surface area contributed by atoms with Gasteiger partial charge in [-0.25, -0.2) is 22.8 Å². The molecule has 22 heavy (non-hydrogen) atoms. The predicted octanol–water partition coefficient (Wildman–Crippen LogP) is 1.60. The predicted molar refractivity (Wildman–Crippen MR) is 80.2 cm³/mol. The van der Waals surface area contributed by atoms with Crippen molar-refractivity contribution in [1.29, 1.82) is 5.26 Å². The SMILES string of the molecule is CCCn1ncnc1C(C)NS(=O)(=O)c1ccc(C#N)cc1. The molecule has 1 heterocycles. The van der Waals surface area contributed by atoms with Crippen LogP contribution in [-0.2, 0) is 16.6 Å². The van der Waals surface area contributed by atoms with Crippen molar-refractivity contribution >= 4 is 10.0 Å². The Morgan fingerprint density at radius 3 is 2.64 bits per heavy atom. The van der Waals surface area contributed by atoms with E-state index in [-0.39, 0.29) is 4.90 Å². The second-order valence-corrected chi connectivity index (χ2v) is 6.53. The van der Waals surface area contributed by atoms with Crippen LogP contribution < -0.4 is 4.72 Å². The fourth-order valence-corrected chi connectivity index (χ4v) is 3.26. The van der Waals surface area contributed by atoms with E-state index in [1.54, 1.807) is 11.6 Å². The summed E-state index contributed by atoms with van der Waals surface area (Å²) in [6, 6.07) is 7.20. The first kappa shape index (κ1) is 16.1. The van der Waals surface area contributed by atoms with Crippen LogP contribution in [0.1, 0.15) is 37.7 Å². The van der Waals surface area contributed by atoms with Crippen LogP contribution in [0.25, 0.3) is 0 Å². The second kappa shape index (κ2) is 6.68. The fraction of sp³-hybridized carbons (Fsp3) is 0.357. The topological polar surface area (TPSA) is 101 Å². The second-order valence-electron chi connectivity index (χ2n) is 4.82. The molecule has 2 rings (SSSR count). The minimum atomic E-state index is -3.68. The van der Waals surface area contributed by atoms with E-state index in [2.05, 4.69) is 14.8 Å². The molecule has 116 valence electrons. The summed E-state index contributed by atoms with van der Waals surface area (Å²) in [4.78, 5) is 4.23. The van der Waals surface area contributed by atoms with Gasteiger partial charge >= 0.3 is 0 Å². The molecular weight excluding hydrogens is 302 g/mol. The summed E-state index contributed by atoms with van der Waals surface area (Å²) in [5.41, 5.74) is 0.412. The molecule has 0 spiro atoms. The zero-order chi connectivity index (χ0) is 16.2. The Balaban J connectivity index is 2.20. The van der Waals surface area contributed by atoms with Crippen molar-refractivity contribution in [3.05, 3.63) is 42.0 Å². The third kappa shape index (κ3) is 3.50. The van der Waals surface area contributed by atoms with Crippen LogP contribution in [0.5, 0.6) is 0 Å². The van der Waals surface area contributed by atoms with Crippen molar-refractivity contribution in [3.8, 4) is 6.07 Å². The summed E-state index contributed by atoms with van der Waals surface area (Å²) in [5, 5.41) is 12.8. The lowest BCUT2D eigenvalue weighted by molar-refractivity contribution is 0.515. The number of hydrogen-bond donors (Lipinski definition) is 1. The van der Waals surface area contributed by atoms with Crippen molar-refractivity contribution in [1.82, 2.24) is 19.5 Å². The average Bonchev–Trinajstić information content (AvgIpc) is 2.96. The minimum Gasteiger partial charge on any atom is -0.249 e. The average molecular weight is 319 g/mol. The molecule has 1 atom stereocenters. The number of aromatic nitrogens is 3. The van der Waals surface area contributed by atoms with Crippen molar-refractivity contribution < 1.29 is 8.42 Å². The van der Waals surface area contributed by atoms with Crippen LogP contribution in [0.15, 0.2) is 35.5 Å². The maximum atomic E-state index is 12.4. The standard InChI is InChI=1S/C14H17N5O2S/c1-3-8-19-14(16-10-17-19)11(2)18-22(20,21)13-6-4-12(9-15)5-7-13/h4-7,10-11,18H,3,8H2,1-2H3. The van der Waals surface area contributed by atoms with Crippen LogP contribution in [0, 0.1) is 11.3 Å². The Morgan fingerprint density at radius 1 is 1.36 bits per heavy atom. The molecule has 0 amide bonds. The van der Waals surface area contributed by atoms with Crippen LogP contribution >= 0.6 is 0 Å². The molecule has 0 aliphatic heterocycles. The third-order valence-electron chi connectivity index (χ3n) is 3.09. The molecule has 2 aromatic rings. The molecule has 1 unspecified atom stereocenters. The molecule has 0 radical (unpaired) electrons. The Kier molecular flexibility index (Phi) is 4.90. The number of nitrogens with zero attached hydrogens (tertiary/aromatic N) is 4. The third-order valence-corrected chi connectivity index (χ3v) is 4.65. The quantitative estimate of drug-likeness (QED) is 0.871. The molecule has 0 saturated heterocycles. The van der Waals surface area contributed by atoms with E-state index in [0.29, 0.717) is 17.9 Å². The van der Waals surface area contributed by atoms with Crippen LogP contribution in [-0.4, -0.2) is 23.2 Å². The molecule has 1 aromatic carbocycles. The monoisotopic (exact) mass is 319 g/mol. The van der Waals surface area contributed by atoms with E-state index in [4.69, 9.17) is 5.26 Å². The van der Waals surface area contributed by atoms with Gasteiger partial charge in [0.2, 0.25) is 10.0 Å². The molecule has 0 aliphatic carbocycles. The van der Waals surface area contributed by atoms with Gasteiger partial charge in [-0.15, -0.1) is 0 Å². The molecule has 0 saturated carbocycles. The highest BCUT2D eigenvalue weighted by Gasteiger charge is 2.21. The Bertz CT molecular complexity index is 774. The summed E-state index contributed by atoms with van der Waals surface area (Å²) in [6.45, 7) is 4.41. The number of aryl methyl sites for hydroxylation is 1. The Labute approximate surface area is 129 Å². The van der Waals surface area contributed by atoms with Gasteiger partial charge in [-0.1, -0.05) is 6.92 Å². The molecule has 0 aliphatic rings. The summed E-state index contributed by atoms with van der Waals surface area (Å²) in [6.07, 6.45) is 2.29. The maximum absolute atomic E-state index is 12.4. The number of hydrogen-bond acceptors (Lipinski definition) is 5. The van der Waals surface area contributed by atoms with Gasteiger partial charge in [-0.2, -0.15) is 10.4 Å². The number of rotatable bonds is 6. The van der Waals surface area contributed by atoms with Gasteiger partial charge < -0.3 is 0 Å². The van der Waals surface area contributed by atoms with Crippen LogP contribution in [0.4, 0.5) is 0 Å². The highest BCUT2D eigenvalue weighted by Crippen LogP contribution is 2.16. The first-order chi connectivity index (χ1) is 10.5. The molecule has 8 heteroatoms. The van der Waals surface area contributed by atoms with Crippen molar-refractivity contribution in [3.63, 3.8) is 0 Å². The lowest BCUT2D eigenvalue weighted by Crippen LogP contribution is -2.29. The summed E-state index contributed by atoms with van der Waals surface area (Å²) >= 11 is 0. The van der Waals surface area contributed by atoms with Gasteiger partial charge in [0.25, 0.3) is 0 Å². The van der Waals surface area contributed by atoms with Gasteiger partial charge in [-0.05, 0) is 37.6 Å². The van der Waals surface area contributed by atoms with Crippen molar-refractivity contribution in [2.45, 2.75) is 37.8 Å². The summed E-state index contributed by atoms with van der Waals surface area (Å²) in [5.74, 6) is 0.569. The van der Waals surface area contributed by atoms with Crippen molar-refractivity contribution in [2.24, 2.45) is 0 Å². The van der Waals surface area contributed by atoms with E-state index < -0.39 is 16.1 Å². The largest absolute Gasteiger partial charge is 0.249 e. The Hall–Kier alpha value is -2.24. The smallest absolute Gasteiger partial charge is 0.241 e. The number of sulfonamides is 1. The van der Waals surface area contributed by atoms with E-state index >= 15 is 0 Å². The lowest BCUT2D eigenvalue weighted by atomic mass is 10.2. The summed E-state index contributed by atoms with van der Waals surface area (Å²) in [7, 11) is -3.68. The van der Waals surface area contributed by atoms with Gasteiger partial charge in [0.1, 0.15) is 12.2 Å². The first-order valence-corrected chi connectivity index (χ1v) is 8.36. The number of nitriles is 1. The first-order valence-electron chi connectivity index (χ1n) is 6.88. The highest BCUT2D eigenvalue weighted by molar-refractivity contribution is 7.89. The molecule has 1 aromatic heterocycles. The zero-order valence-corrected chi connectivity index (χ0v) is 13.2. The fourth-order valence-electron chi connectivity index (χ4n) is 2.05. The van der Waals surface area contributed by atoms with E-state index in [1.807, 2.05) is 13.0 Å². The molecule has 0 bridgehead atoms. The number of nitrogens with one attached hydrogen (secondary N) is 1. The normalized spacial score (nSPS) is 12.8. The molecule has 1 N–H and O–H groups in total. The van der Waals surface area contributed by atoms with Gasteiger partial charge in [0.05, 0.1) is 22.6 Å². The number of benzene rings is 1. The zero-order valence-electron chi connectivity index (χ0n) is 12.4. The van der Waals surface area contributed by atoms with E-state index in [0.717, 1.165) is 6.42 Å². The van der Waals surface area contributed by atoms with Gasteiger partial charge in [-0.3, -0.25) is 0 Å². The minimum absolute atomic E-state index is 0.111. The highest BCUT2D eigenvalue weighted by atomic mass is 32.2. The van der Waals surface area contributed by atoms with Crippen LogP contribution in [0.3, 0.4) is 0 Å².